The predicted molar refractivity (Wildman–Crippen MR) is 83.2 cm³/mol. The number of amides is 1. The molecule has 2 aromatic rings. The smallest absolute Gasteiger partial charge is 0.254 e. The average molecular weight is 285 g/mol. The fourth-order valence-corrected chi connectivity index (χ4v) is 3.87. The Morgan fingerprint density at radius 1 is 1.30 bits per heavy atom. The third-order valence-corrected chi connectivity index (χ3v) is 4.97. The zero-order chi connectivity index (χ0) is 14.1. The van der Waals surface area contributed by atoms with Gasteiger partial charge in [0, 0.05) is 17.0 Å². The van der Waals surface area contributed by atoms with E-state index in [9.17, 15) is 4.79 Å². The van der Waals surface area contributed by atoms with E-state index in [0.29, 0.717) is 0 Å². The van der Waals surface area contributed by atoms with E-state index in [1.54, 1.807) is 11.3 Å². The van der Waals surface area contributed by atoms with Crippen molar-refractivity contribution in [3.8, 4) is 0 Å². The van der Waals surface area contributed by atoms with Crippen LogP contribution < -0.4 is 0 Å². The van der Waals surface area contributed by atoms with Crippen molar-refractivity contribution in [2.24, 2.45) is 0 Å². The summed E-state index contributed by atoms with van der Waals surface area (Å²) in [5.41, 5.74) is 3.13. The second-order valence-corrected chi connectivity index (χ2v) is 6.47. The molecule has 1 saturated heterocycles. The molecule has 0 bridgehead atoms. The van der Waals surface area contributed by atoms with E-state index < -0.39 is 0 Å². The standard InChI is InChI=1S/C17H19NOS/c1-12-7-8-14(13(2)11-12)17(19)18-9-3-5-15(18)16-6-4-10-20-16/h4,6-8,10-11,15H,3,5,9H2,1-2H3/t15-/m0/s1. The highest BCUT2D eigenvalue weighted by atomic mass is 32.1. The van der Waals surface area contributed by atoms with Crippen LogP contribution in [0.4, 0.5) is 0 Å². The first kappa shape index (κ1) is 13.4. The number of carbonyl (C=O) groups excluding carboxylic acids is 1. The molecule has 0 radical (unpaired) electrons. The summed E-state index contributed by atoms with van der Waals surface area (Å²) in [5.74, 6) is 0.179. The van der Waals surface area contributed by atoms with Crippen LogP contribution in [0, 0.1) is 13.8 Å². The first-order chi connectivity index (χ1) is 9.66. The second-order valence-electron chi connectivity index (χ2n) is 5.49. The van der Waals surface area contributed by atoms with Crippen molar-refractivity contribution in [2.45, 2.75) is 32.7 Å². The van der Waals surface area contributed by atoms with Crippen molar-refractivity contribution < 1.29 is 4.79 Å². The summed E-state index contributed by atoms with van der Waals surface area (Å²) in [6.45, 7) is 4.96. The number of benzene rings is 1. The predicted octanol–water partition coefficient (Wildman–Crippen LogP) is 4.34. The van der Waals surface area contributed by atoms with Crippen molar-refractivity contribution >= 4 is 17.2 Å². The zero-order valence-electron chi connectivity index (χ0n) is 11.9. The van der Waals surface area contributed by atoms with E-state index in [4.69, 9.17) is 0 Å². The lowest BCUT2D eigenvalue weighted by Gasteiger charge is -2.24. The molecule has 1 aliphatic rings. The Bertz CT molecular complexity index is 618. The molecular formula is C17H19NOS. The summed E-state index contributed by atoms with van der Waals surface area (Å²) in [5, 5.41) is 2.09. The van der Waals surface area contributed by atoms with Gasteiger partial charge in [0.1, 0.15) is 0 Å². The molecule has 0 saturated carbocycles. The molecule has 3 heteroatoms. The Kier molecular flexibility index (Phi) is 3.62. The maximum absolute atomic E-state index is 12.8. The Morgan fingerprint density at radius 3 is 2.85 bits per heavy atom. The SMILES string of the molecule is Cc1ccc(C(=O)N2CCC[C@H]2c2cccs2)c(C)c1. The monoisotopic (exact) mass is 285 g/mol. The van der Waals surface area contributed by atoms with E-state index in [-0.39, 0.29) is 11.9 Å². The Hall–Kier alpha value is -1.61. The third kappa shape index (κ3) is 2.38. The molecule has 1 aliphatic heterocycles. The highest BCUT2D eigenvalue weighted by Crippen LogP contribution is 2.35. The van der Waals surface area contributed by atoms with E-state index >= 15 is 0 Å². The van der Waals surface area contributed by atoms with Crippen molar-refractivity contribution in [2.75, 3.05) is 6.54 Å². The minimum absolute atomic E-state index is 0.179. The molecule has 0 N–H and O–H groups in total. The topological polar surface area (TPSA) is 20.3 Å². The molecular weight excluding hydrogens is 266 g/mol. The zero-order valence-corrected chi connectivity index (χ0v) is 12.7. The Balaban J connectivity index is 1.89. The number of aryl methyl sites for hydroxylation is 2. The normalized spacial score (nSPS) is 18.5. The maximum atomic E-state index is 12.8. The highest BCUT2D eigenvalue weighted by molar-refractivity contribution is 7.10. The van der Waals surface area contributed by atoms with Gasteiger partial charge in [-0.3, -0.25) is 4.79 Å². The number of hydrogen-bond donors (Lipinski definition) is 0. The molecule has 1 amide bonds. The van der Waals surface area contributed by atoms with Gasteiger partial charge in [0.15, 0.2) is 0 Å². The van der Waals surface area contributed by atoms with Crippen LogP contribution in [-0.2, 0) is 0 Å². The fourth-order valence-electron chi connectivity index (χ4n) is 2.99. The number of likely N-dealkylation sites (tertiary alicyclic amines) is 1. The molecule has 1 atom stereocenters. The lowest BCUT2D eigenvalue weighted by molar-refractivity contribution is 0.0737. The van der Waals surface area contributed by atoms with E-state index in [1.807, 2.05) is 24.0 Å². The molecule has 1 aromatic carbocycles. The molecule has 2 heterocycles. The summed E-state index contributed by atoms with van der Waals surface area (Å²) < 4.78 is 0. The quantitative estimate of drug-likeness (QED) is 0.803. The summed E-state index contributed by atoms with van der Waals surface area (Å²) in [6.07, 6.45) is 2.18. The molecule has 3 rings (SSSR count). The number of nitrogens with zero attached hydrogens (tertiary/aromatic N) is 1. The van der Waals surface area contributed by atoms with Crippen LogP contribution in [0.25, 0.3) is 0 Å². The number of carbonyl (C=O) groups is 1. The number of rotatable bonds is 2. The van der Waals surface area contributed by atoms with Gasteiger partial charge in [-0.2, -0.15) is 0 Å². The van der Waals surface area contributed by atoms with Gasteiger partial charge in [-0.1, -0.05) is 23.8 Å². The Morgan fingerprint density at radius 2 is 2.15 bits per heavy atom. The first-order valence-corrected chi connectivity index (χ1v) is 7.96. The molecule has 0 spiro atoms. The van der Waals surface area contributed by atoms with Crippen LogP contribution in [0.15, 0.2) is 35.7 Å². The van der Waals surface area contributed by atoms with Crippen LogP contribution in [0.1, 0.15) is 45.2 Å². The van der Waals surface area contributed by atoms with E-state index in [2.05, 4.69) is 30.5 Å². The lowest BCUT2D eigenvalue weighted by Crippen LogP contribution is -2.30. The van der Waals surface area contributed by atoms with Crippen LogP contribution in [0.2, 0.25) is 0 Å². The van der Waals surface area contributed by atoms with E-state index in [0.717, 1.165) is 30.5 Å². The molecule has 1 fully saturated rings. The molecule has 104 valence electrons. The van der Waals surface area contributed by atoms with Crippen LogP contribution in [0.5, 0.6) is 0 Å². The summed E-state index contributed by atoms with van der Waals surface area (Å²) in [4.78, 5) is 16.2. The molecule has 2 nitrogen and oxygen atoms in total. The van der Waals surface area contributed by atoms with Gasteiger partial charge in [0.05, 0.1) is 6.04 Å². The summed E-state index contributed by atoms with van der Waals surface area (Å²) >= 11 is 1.75. The van der Waals surface area contributed by atoms with Crippen LogP contribution >= 0.6 is 11.3 Å². The molecule has 0 aliphatic carbocycles. The van der Waals surface area contributed by atoms with Gasteiger partial charge in [-0.05, 0) is 49.8 Å². The number of thiophene rings is 1. The highest BCUT2D eigenvalue weighted by Gasteiger charge is 2.31. The van der Waals surface area contributed by atoms with Crippen LogP contribution in [-0.4, -0.2) is 17.4 Å². The maximum Gasteiger partial charge on any atom is 0.254 e. The third-order valence-electron chi connectivity index (χ3n) is 4.00. The van der Waals surface area contributed by atoms with Crippen molar-refractivity contribution in [1.29, 1.82) is 0 Å². The second kappa shape index (κ2) is 5.41. The van der Waals surface area contributed by atoms with Gasteiger partial charge in [-0.15, -0.1) is 11.3 Å². The largest absolute Gasteiger partial charge is 0.331 e. The lowest BCUT2D eigenvalue weighted by atomic mass is 10.0. The van der Waals surface area contributed by atoms with Crippen molar-refractivity contribution in [3.05, 3.63) is 57.3 Å². The molecule has 20 heavy (non-hydrogen) atoms. The van der Waals surface area contributed by atoms with Gasteiger partial charge in [0.25, 0.3) is 5.91 Å². The average Bonchev–Trinajstić information content (AvgIpc) is 3.09. The Labute approximate surface area is 124 Å². The molecule has 1 aromatic heterocycles. The summed E-state index contributed by atoms with van der Waals surface area (Å²) in [6, 6.07) is 10.6. The fraction of sp³-hybridized carbons (Fsp3) is 0.353. The molecule has 0 unspecified atom stereocenters. The van der Waals surface area contributed by atoms with Gasteiger partial charge >= 0.3 is 0 Å². The minimum atomic E-state index is 0.179. The van der Waals surface area contributed by atoms with Gasteiger partial charge in [0.2, 0.25) is 0 Å². The minimum Gasteiger partial charge on any atom is -0.331 e. The van der Waals surface area contributed by atoms with Gasteiger partial charge in [-0.25, -0.2) is 0 Å². The van der Waals surface area contributed by atoms with Crippen molar-refractivity contribution in [1.82, 2.24) is 4.90 Å². The number of hydrogen-bond acceptors (Lipinski definition) is 2. The van der Waals surface area contributed by atoms with Crippen LogP contribution in [0.3, 0.4) is 0 Å². The first-order valence-electron chi connectivity index (χ1n) is 7.08. The van der Waals surface area contributed by atoms with Gasteiger partial charge < -0.3 is 4.90 Å². The van der Waals surface area contributed by atoms with E-state index in [1.165, 1.54) is 10.4 Å². The summed E-state index contributed by atoms with van der Waals surface area (Å²) in [7, 11) is 0. The van der Waals surface area contributed by atoms with Crippen molar-refractivity contribution in [3.63, 3.8) is 0 Å².